The van der Waals surface area contributed by atoms with E-state index in [-0.39, 0.29) is 22.2 Å². The first-order chi connectivity index (χ1) is 13.6. The first-order valence-electron chi connectivity index (χ1n) is 10.0. The van der Waals surface area contributed by atoms with Gasteiger partial charge in [0.1, 0.15) is 0 Å². The molecule has 3 aromatic rings. The molecule has 4 nitrogen and oxygen atoms in total. The van der Waals surface area contributed by atoms with Crippen LogP contribution in [0, 0.1) is 0 Å². The fourth-order valence-electron chi connectivity index (χ4n) is 4.37. The van der Waals surface area contributed by atoms with E-state index in [1.165, 1.54) is 18.2 Å². The molecule has 1 heterocycles. The number of nitrogens with one attached hydrogen (secondary N) is 1. The molecule has 4 heteroatoms. The second-order valence-electron chi connectivity index (χ2n) is 9.33. The van der Waals surface area contributed by atoms with E-state index in [9.17, 15) is 9.59 Å². The van der Waals surface area contributed by atoms with E-state index in [1.807, 2.05) is 12.1 Å². The number of methoxy groups -OCH3 is 1. The third-order valence-electron chi connectivity index (χ3n) is 6.42. The lowest BCUT2D eigenvalue weighted by Crippen LogP contribution is -2.34. The van der Waals surface area contributed by atoms with Gasteiger partial charge < -0.3 is 9.72 Å². The van der Waals surface area contributed by atoms with Crippen LogP contribution in [0.2, 0.25) is 0 Å². The summed E-state index contributed by atoms with van der Waals surface area (Å²) in [7, 11) is 1.36. The van der Waals surface area contributed by atoms with Crippen molar-refractivity contribution in [2.75, 3.05) is 7.11 Å². The van der Waals surface area contributed by atoms with Crippen molar-refractivity contribution < 1.29 is 9.53 Å². The summed E-state index contributed by atoms with van der Waals surface area (Å²) in [6.07, 6.45) is 2.23. The largest absolute Gasteiger partial charge is 0.465 e. The molecule has 29 heavy (non-hydrogen) atoms. The van der Waals surface area contributed by atoms with Gasteiger partial charge in [0.25, 0.3) is 0 Å². The van der Waals surface area contributed by atoms with E-state index >= 15 is 0 Å². The van der Waals surface area contributed by atoms with E-state index in [4.69, 9.17) is 4.74 Å². The van der Waals surface area contributed by atoms with Crippen molar-refractivity contribution in [3.05, 3.63) is 69.4 Å². The van der Waals surface area contributed by atoms with Gasteiger partial charge in [0.05, 0.1) is 18.2 Å². The van der Waals surface area contributed by atoms with Crippen LogP contribution in [0.15, 0.2) is 47.3 Å². The monoisotopic (exact) mass is 389 g/mol. The van der Waals surface area contributed by atoms with Gasteiger partial charge in [-0.05, 0) is 64.6 Å². The number of carbonyl (C=O) groups is 1. The van der Waals surface area contributed by atoms with E-state index in [1.54, 1.807) is 18.2 Å². The first-order valence-corrected chi connectivity index (χ1v) is 10.0. The molecule has 1 aliphatic carbocycles. The van der Waals surface area contributed by atoms with E-state index in [2.05, 4.69) is 44.8 Å². The smallest absolute Gasteiger partial charge is 0.337 e. The van der Waals surface area contributed by atoms with Crippen LogP contribution in [0.3, 0.4) is 0 Å². The average Bonchev–Trinajstić information content (AvgIpc) is 2.70. The Bertz CT molecular complexity index is 1170. The van der Waals surface area contributed by atoms with Crippen LogP contribution in [0.5, 0.6) is 0 Å². The van der Waals surface area contributed by atoms with Crippen molar-refractivity contribution in [3.8, 4) is 11.3 Å². The Balaban J connectivity index is 1.88. The van der Waals surface area contributed by atoms with Crippen molar-refractivity contribution in [1.82, 2.24) is 4.98 Å². The predicted octanol–water partition coefficient (Wildman–Crippen LogP) is 5.33. The molecule has 0 radical (unpaired) electrons. The Kier molecular flexibility index (Phi) is 4.41. The molecule has 150 valence electrons. The van der Waals surface area contributed by atoms with Crippen molar-refractivity contribution >= 4 is 16.9 Å². The summed E-state index contributed by atoms with van der Waals surface area (Å²) in [6.45, 7) is 9.08. The molecule has 0 fully saturated rings. The number of hydrogen-bond acceptors (Lipinski definition) is 3. The molecule has 0 unspecified atom stereocenters. The zero-order valence-corrected chi connectivity index (χ0v) is 17.7. The summed E-state index contributed by atoms with van der Waals surface area (Å²) in [5, 5.41) is 0.726. The quantitative estimate of drug-likeness (QED) is 0.603. The highest BCUT2D eigenvalue weighted by Crippen LogP contribution is 2.46. The first kappa shape index (κ1) is 19.4. The van der Waals surface area contributed by atoms with Crippen LogP contribution in [0.25, 0.3) is 22.2 Å². The molecule has 4 rings (SSSR count). The molecular weight excluding hydrogens is 362 g/mol. The summed E-state index contributed by atoms with van der Waals surface area (Å²) in [6, 6.07) is 13.0. The Morgan fingerprint density at radius 2 is 1.52 bits per heavy atom. The Morgan fingerprint density at radius 3 is 2.10 bits per heavy atom. The second kappa shape index (κ2) is 6.58. The maximum absolute atomic E-state index is 13.0. The molecule has 1 aliphatic rings. The van der Waals surface area contributed by atoms with E-state index in [0.717, 1.165) is 35.0 Å². The van der Waals surface area contributed by atoms with Crippen LogP contribution >= 0.6 is 0 Å². The van der Waals surface area contributed by atoms with Gasteiger partial charge in [-0.2, -0.15) is 0 Å². The molecule has 0 spiro atoms. The fraction of sp³-hybridized carbons (Fsp3) is 0.360. The van der Waals surface area contributed by atoms with Crippen LogP contribution in [0.4, 0.5) is 0 Å². The predicted molar refractivity (Wildman–Crippen MR) is 117 cm³/mol. The lowest BCUT2D eigenvalue weighted by Gasteiger charge is -2.42. The lowest BCUT2D eigenvalue weighted by atomic mass is 9.63. The van der Waals surface area contributed by atoms with Gasteiger partial charge in [0, 0.05) is 17.1 Å². The number of fused-ring (bicyclic) bond motifs is 2. The van der Waals surface area contributed by atoms with Crippen LogP contribution in [0.1, 0.15) is 62.0 Å². The van der Waals surface area contributed by atoms with Gasteiger partial charge in [-0.15, -0.1) is 0 Å². The molecule has 0 saturated heterocycles. The highest BCUT2D eigenvalue weighted by Gasteiger charge is 2.37. The molecular formula is C25H27NO3. The van der Waals surface area contributed by atoms with Gasteiger partial charge in [-0.1, -0.05) is 39.8 Å². The van der Waals surface area contributed by atoms with E-state index in [0.29, 0.717) is 5.56 Å². The number of aromatic amines is 1. The summed E-state index contributed by atoms with van der Waals surface area (Å²) in [5.41, 5.74) is 5.68. The highest BCUT2D eigenvalue weighted by molar-refractivity contribution is 5.90. The minimum absolute atomic E-state index is 0.00720. The Morgan fingerprint density at radius 1 is 0.931 bits per heavy atom. The maximum atomic E-state index is 13.0. The summed E-state index contributed by atoms with van der Waals surface area (Å²) in [4.78, 5) is 28.1. The van der Waals surface area contributed by atoms with Crippen molar-refractivity contribution in [3.63, 3.8) is 0 Å². The van der Waals surface area contributed by atoms with Crippen molar-refractivity contribution in [1.29, 1.82) is 0 Å². The molecule has 0 saturated carbocycles. The molecule has 0 amide bonds. The van der Waals surface area contributed by atoms with Crippen LogP contribution in [-0.2, 0) is 15.6 Å². The number of carbonyl (C=O) groups excluding carboxylic acids is 1. The molecule has 1 N–H and O–H groups in total. The van der Waals surface area contributed by atoms with E-state index < -0.39 is 0 Å². The second-order valence-corrected chi connectivity index (χ2v) is 9.33. The topological polar surface area (TPSA) is 59.2 Å². The highest BCUT2D eigenvalue weighted by atomic mass is 16.5. The van der Waals surface area contributed by atoms with Gasteiger partial charge in [-0.3, -0.25) is 4.79 Å². The summed E-state index contributed by atoms with van der Waals surface area (Å²) in [5.74, 6) is -0.375. The molecule has 0 atom stereocenters. The molecule has 0 bridgehead atoms. The van der Waals surface area contributed by atoms with Gasteiger partial charge in [-0.25, -0.2) is 4.79 Å². The average molecular weight is 389 g/mol. The molecule has 0 aliphatic heterocycles. The number of esters is 1. The maximum Gasteiger partial charge on any atom is 0.337 e. The van der Waals surface area contributed by atoms with Gasteiger partial charge >= 0.3 is 5.97 Å². The number of aromatic nitrogens is 1. The molecule has 1 aromatic heterocycles. The normalized spacial score (nSPS) is 17.0. The SMILES string of the molecule is COC(=O)c1ccc(-c2cc(=O)c3cc4c(cc3[nH]2)C(C)(C)CCC4(C)C)cc1. The van der Waals surface area contributed by atoms with Crippen LogP contribution in [-0.4, -0.2) is 18.1 Å². The number of rotatable bonds is 2. The number of H-pyrrole nitrogens is 1. The third-order valence-corrected chi connectivity index (χ3v) is 6.42. The van der Waals surface area contributed by atoms with Gasteiger partial charge in [0.2, 0.25) is 0 Å². The fourth-order valence-corrected chi connectivity index (χ4v) is 4.37. The number of ether oxygens (including phenoxy) is 1. The Hall–Kier alpha value is -2.88. The lowest BCUT2D eigenvalue weighted by molar-refractivity contribution is 0.0601. The summed E-state index contributed by atoms with van der Waals surface area (Å²) >= 11 is 0. The minimum atomic E-state index is -0.375. The van der Waals surface area contributed by atoms with Crippen molar-refractivity contribution in [2.24, 2.45) is 0 Å². The minimum Gasteiger partial charge on any atom is -0.465 e. The number of hydrogen-bond donors (Lipinski definition) is 1. The zero-order valence-electron chi connectivity index (χ0n) is 17.7. The Labute approximate surface area is 170 Å². The number of benzene rings is 2. The third kappa shape index (κ3) is 3.27. The summed E-state index contributed by atoms with van der Waals surface area (Å²) < 4.78 is 4.75. The van der Waals surface area contributed by atoms with Crippen LogP contribution < -0.4 is 5.43 Å². The number of pyridine rings is 1. The van der Waals surface area contributed by atoms with Gasteiger partial charge in [0.15, 0.2) is 5.43 Å². The standard InChI is InChI=1S/C25H27NO3/c1-24(2)10-11-25(3,4)19-13-21-17(12-18(19)24)22(27)14-20(26-21)15-6-8-16(9-7-15)23(28)29-5/h6-9,12-14H,10-11H2,1-5H3,(H,26,27). The van der Waals surface area contributed by atoms with Crippen molar-refractivity contribution in [2.45, 2.75) is 51.4 Å². The molecule has 2 aromatic carbocycles. The zero-order chi connectivity index (χ0) is 21.0.